The topological polar surface area (TPSA) is 35.5 Å². The fourth-order valence-electron chi connectivity index (χ4n) is 2.31. The highest BCUT2D eigenvalue weighted by Gasteiger charge is 2.23. The lowest BCUT2D eigenvalue weighted by Crippen LogP contribution is -2.07. The van der Waals surface area contributed by atoms with Gasteiger partial charge in [0.1, 0.15) is 5.75 Å². The summed E-state index contributed by atoms with van der Waals surface area (Å²) in [4.78, 5) is 11.7. The summed E-state index contributed by atoms with van der Waals surface area (Å²) < 4.78 is 10.3. The summed E-state index contributed by atoms with van der Waals surface area (Å²) in [6, 6.07) is 3.57. The largest absolute Gasteiger partial charge is 0.495 e. The van der Waals surface area contributed by atoms with Crippen LogP contribution in [0.15, 0.2) is 24.3 Å². The molecule has 0 saturated heterocycles. The molecule has 0 heterocycles. The Morgan fingerprint density at radius 3 is 2.35 bits per heavy atom. The molecular weight excluding hydrogens is 434 g/mol. The Bertz CT molecular complexity index is 588. The van der Waals surface area contributed by atoms with Crippen molar-refractivity contribution in [3.8, 4) is 5.75 Å². The molecule has 1 rings (SSSR count). The van der Waals surface area contributed by atoms with Gasteiger partial charge in [-0.25, -0.2) is 4.79 Å². The average molecular weight is 458 g/mol. The van der Waals surface area contributed by atoms with Crippen LogP contribution < -0.4 is 4.74 Å². The highest BCUT2D eigenvalue weighted by Crippen LogP contribution is 2.27. The SMILES string of the molecule is COc1ccc(/C=C/C(=O)OCCCCCCCC[Si](Cl)(Cl)Cl)cc1Cl. The van der Waals surface area contributed by atoms with Gasteiger partial charge in [0.15, 0.2) is 0 Å². The normalized spacial score (nSPS) is 11.7. The smallest absolute Gasteiger partial charge is 0.341 e. The van der Waals surface area contributed by atoms with Gasteiger partial charge in [0, 0.05) is 6.08 Å². The van der Waals surface area contributed by atoms with Crippen molar-refractivity contribution in [2.45, 2.75) is 44.6 Å². The molecule has 3 nitrogen and oxygen atoms in total. The summed E-state index contributed by atoms with van der Waals surface area (Å²) in [5.74, 6) is 0.241. The molecule has 0 unspecified atom stereocenters. The Balaban J connectivity index is 2.11. The van der Waals surface area contributed by atoms with E-state index in [9.17, 15) is 4.79 Å². The van der Waals surface area contributed by atoms with Gasteiger partial charge in [0.25, 0.3) is 0 Å². The molecule has 0 radical (unpaired) electrons. The third kappa shape index (κ3) is 11.3. The van der Waals surface area contributed by atoms with E-state index in [1.54, 1.807) is 25.3 Å². The molecular formula is C18H24Cl4O3Si. The van der Waals surface area contributed by atoms with E-state index in [0.29, 0.717) is 17.4 Å². The van der Waals surface area contributed by atoms with Gasteiger partial charge >= 0.3 is 12.0 Å². The summed E-state index contributed by atoms with van der Waals surface area (Å²) in [5.41, 5.74) is 0.811. The van der Waals surface area contributed by atoms with Crippen LogP contribution in [0.25, 0.3) is 6.08 Å². The van der Waals surface area contributed by atoms with Crippen molar-refractivity contribution >= 4 is 62.9 Å². The average Bonchev–Trinajstić information content (AvgIpc) is 2.57. The van der Waals surface area contributed by atoms with Crippen LogP contribution in [0.4, 0.5) is 0 Å². The molecule has 8 heteroatoms. The zero-order chi connectivity index (χ0) is 19.4. The van der Waals surface area contributed by atoms with E-state index in [1.807, 2.05) is 6.07 Å². The Hall–Kier alpha value is -0.393. The molecule has 26 heavy (non-hydrogen) atoms. The van der Waals surface area contributed by atoms with Gasteiger partial charge in [-0.05, 0) is 36.2 Å². The van der Waals surface area contributed by atoms with E-state index in [1.165, 1.54) is 6.08 Å². The quantitative estimate of drug-likeness (QED) is 0.112. The number of carbonyl (C=O) groups excluding carboxylic acids is 1. The van der Waals surface area contributed by atoms with Gasteiger partial charge in [-0.3, -0.25) is 0 Å². The van der Waals surface area contributed by atoms with Crippen LogP contribution in [0.2, 0.25) is 11.1 Å². The predicted molar refractivity (Wildman–Crippen MR) is 114 cm³/mol. The number of methoxy groups -OCH3 is 1. The minimum Gasteiger partial charge on any atom is -0.495 e. The van der Waals surface area contributed by atoms with Crippen molar-refractivity contribution in [2.24, 2.45) is 0 Å². The summed E-state index contributed by atoms with van der Waals surface area (Å²) in [7, 11) is 1.56. The molecule has 146 valence electrons. The van der Waals surface area contributed by atoms with Crippen LogP contribution in [0, 0.1) is 0 Å². The Morgan fingerprint density at radius 1 is 1.08 bits per heavy atom. The maximum Gasteiger partial charge on any atom is 0.341 e. The van der Waals surface area contributed by atoms with Crippen molar-refractivity contribution in [3.05, 3.63) is 34.9 Å². The van der Waals surface area contributed by atoms with Gasteiger partial charge in [0.05, 0.1) is 18.7 Å². The molecule has 0 spiro atoms. The number of unbranched alkanes of at least 4 members (excludes halogenated alkanes) is 5. The summed E-state index contributed by atoms with van der Waals surface area (Å²) in [5, 5.41) is 0.499. The van der Waals surface area contributed by atoms with E-state index in [4.69, 9.17) is 54.3 Å². The first kappa shape index (κ1) is 23.6. The Morgan fingerprint density at radius 2 is 1.73 bits per heavy atom. The molecule has 0 aliphatic rings. The summed E-state index contributed by atoms with van der Waals surface area (Å²) in [6.45, 7) is 0.424. The van der Waals surface area contributed by atoms with E-state index in [0.717, 1.165) is 50.1 Å². The van der Waals surface area contributed by atoms with Gasteiger partial charge in [-0.2, -0.15) is 0 Å². The van der Waals surface area contributed by atoms with Crippen LogP contribution in [-0.4, -0.2) is 25.7 Å². The second-order valence-corrected chi connectivity index (χ2v) is 15.6. The highest BCUT2D eigenvalue weighted by atomic mass is 35.8. The predicted octanol–water partition coefficient (Wildman–Crippen LogP) is 6.90. The molecule has 0 fully saturated rings. The molecule has 0 aliphatic carbocycles. The molecule has 0 N–H and O–H groups in total. The number of ether oxygens (including phenoxy) is 2. The second kappa shape index (κ2) is 12.9. The van der Waals surface area contributed by atoms with Gasteiger partial charge < -0.3 is 9.47 Å². The zero-order valence-corrected chi connectivity index (χ0v) is 18.8. The molecule has 0 atom stereocenters. The first-order chi connectivity index (χ1) is 12.3. The minimum atomic E-state index is -2.45. The van der Waals surface area contributed by atoms with Crippen LogP contribution in [-0.2, 0) is 9.53 Å². The molecule has 0 bridgehead atoms. The van der Waals surface area contributed by atoms with Crippen molar-refractivity contribution < 1.29 is 14.3 Å². The number of benzene rings is 1. The standard InChI is InChI=1S/C18H24Cl4O3Si/c1-24-17-10-8-15(14-16(17)19)9-11-18(23)25-12-6-4-2-3-5-7-13-26(20,21)22/h8-11,14H,2-7,12-13H2,1H3/b11-9+. The monoisotopic (exact) mass is 456 g/mol. The molecule has 0 saturated carbocycles. The Labute approximate surface area is 175 Å². The minimum absolute atomic E-state index is 0.357. The first-order valence-electron chi connectivity index (χ1n) is 8.57. The first-order valence-corrected chi connectivity index (χ1v) is 14.2. The molecule has 0 aliphatic heterocycles. The molecule has 0 amide bonds. The van der Waals surface area contributed by atoms with Crippen LogP contribution in [0.3, 0.4) is 0 Å². The molecule has 1 aromatic carbocycles. The van der Waals surface area contributed by atoms with E-state index in [2.05, 4.69) is 0 Å². The van der Waals surface area contributed by atoms with Crippen molar-refractivity contribution in [2.75, 3.05) is 13.7 Å². The van der Waals surface area contributed by atoms with Crippen LogP contribution >= 0.6 is 44.8 Å². The lowest BCUT2D eigenvalue weighted by Gasteiger charge is -2.07. The van der Waals surface area contributed by atoms with Crippen molar-refractivity contribution in [1.29, 1.82) is 0 Å². The van der Waals surface area contributed by atoms with Crippen LogP contribution in [0.5, 0.6) is 5.75 Å². The molecule has 1 aromatic rings. The third-order valence-electron chi connectivity index (χ3n) is 3.69. The van der Waals surface area contributed by atoms with E-state index < -0.39 is 6.00 Å². The maximum absolute atomic E-state index is 11.7. The summed E-state index contributed by atoms with van der Waals surface area (Å²) >= 11 is 23.5. The lowest BCUT2D eigenvalue weighted by atomic mass is 10.1. The fraction of sp³-hybridized carbons (Fsp3) is 0.500. The maximum atomic E-state index is 11.7. The number of hydrogen-bond acceptors (Lipinski definition) is 3. The number of esters is 1. The number of halogens is 4. The zero-order valence-electron chi connectivity index (χ0n) is 14.8. The second-order valence-electron chi connectivity index (χ2n) is 5.88. The van der Waals surface area contributed by atoms with Gasteiger partial charge in [0.2, 0.25) is 0 Å². The van der Waals surface area contributed by atoms with Crippen molar-refractivity contribution in [3.63, 3.8) is 0 Å². The van der Waals surface area contributed by atoms with E-state index >= 15 is 0 Å². The third-order valence-corrected chi connectivity index (χ3v) is 6.60. The number of carbonyl (C=O) groups is 1. The Kier molecular flexibility index (Phi) is 11.7. The van der Waals surface area contributed by atoms with E-state index in [-0.39, 0.29) is 5.97 Å². The van der Waals surface area contributed by atoms with Crippen LogP contribution in [0.1, 0.15) is 44.1 Å². The lowest BCUT2D eigenvalue weighted by molar-refractivity contribution is -0.137. The molecule has 0 aromatic heterocycles. The van der Waals surface area contributed by atoms with Gasteiger partial charge in [-0.1, -0.05) is 49.8 Å². The summed E-state index contributed by atoms with van der Waals surface area (Å²) in [6.07, 6.45) is 9.20. The number of hydrogen-bond donors (Lipinski definition) is 0. The van der Waals surface area contributed by atoms with Gasteiger partial charge in [-0.15, -0.1) is 33.2 Å². The number of rotatable bonds is 12. The fourth-order valence-corrected chi connectivity index (χ4v) is 4.43. The highest BCUT2D eigenvalue weighted by molar-refractivity contribution is 7.64. The van der Waals surface area contributed by atoms with Crippen molar-refractivity contribution in [1.82, 2.24) is 0 Å².